The van der Waals surface area contributed by atoms with Crippen LogP contribution in [-0.4, -0.2) is 50.9 Å². The van der Waals surface area contributed by atoms with Crippen molar-refractivity contribution in [2.45, 2.75) is 6.54 Å². The fraction of sp³-hybridized carbons (Fsp3) is 0.240. The summed E-state index contributed by atoms with van der Waals surface area (Å²) >= 11 is 12.6. The number of piperazine rings is 1. The van der Waals surface area contributed by atoms with Crippen molar-refractivity contribution in [3.8, 4) is 11.1 Å². The topological polar surface area (TPSA) is 88.9 Å². The lowest BCUT2D eigenvalue weighted by molar-refractivity contribution is 0.0739. The molecule has 1 aromatic carbocycles. The lowest BCUT2D eigenvalue weighted by Crippen LogP contribution is -2.50. The molecule has 1 aliphatic rings. The molecule has 35 heavy (non-hydrogen) atoms. The Morgan fingerprint density at radius 1 is 1.06 bits per heavy atom. The van der Waals surface area contributed by atoms with Gasteiger partial charge in [-0.2, -0.15) is 0 Å². The quantitative estimate of drug-likeness (QED) is 0.454. The van der Waals surface area contributed by atoms with Crippen LogP contribution in [0.25, 0.3) is 16.8 Å². The van der Waals surface area contributed by atoms with Gasteiger partial charge in [0.25, 0.3) is 11.5 Å². The Kier molecular flexibility index (Phi) is 6.27. The monoisotopic (exact) mass is 510 g/mol. The molecular formula is C25H24Cl2N6O2. The number of benzene rings is 1. The lowest BCUT2D eigenvalue weighted by Gasteiger charge is -2.36. The second-order valence-electron chi connectivity index (χ2n) is 8.47. The number of nitrogens with two attached hydrogens (primary N) is 1. The van der Waals surface area contributed by atoms with Crippen molar-refractivity contribution in [1.82, 2.24) is 18.9 Å². The Hall–Kier alpha value is -3.33. The summed E-state index contributed by atoms with van der Waals surface area (Å²) in [6, 6.07) is 12.4. The first kappa shape index (κ1) is 23.4. The highest BCUT2D eigenvalue weighted by molar-refractivity contribution is 6.36. The summed E-state index contributed by atoms with van der Waals surface area (Å²) in [5.41, 5.74) is 9.54. The van der Waals surface area contributed by atoms with Crippen LogP contribution in [-0.2, 0) is 13.6 Å². The molecule has 0 atom stereocenters. The number of halogens is 2. The number of pyridine rings is 2. The second kappa shape index (κ2) is 9.37. The van der Waals surface area contributed by atoms with Crippen LogP contribution in [0, 0.1) is 0 Å². The van der Waals surface area contributed by atoms with E-state index >= 15 is 0 Å². The van der Waals surface area contributed by atoms with E-state index in [4.69, 9.17) is 28.9 Å². The average Bonchev–Trinajstić information content (AvgIpc) is 3.27. The molecule has 2 N–H and O–H groups in total. The zero-order valence-electron chi connectivity index (χ0n) is 19.1. The van der Waals surface area contributed by atoms with Gasteiger partial charge in [0.15, 0.2) is 0 Å². The van der Waals surface area contributed by atoms with Crippen LogP contribution in [0.5, 0.6) is 0 Å². The molecule has 0 aliphatic carbocycles. The van der Waals surface area contributed by atoms with Crippen LogP contribution in [0.15, 0.2) is 59.7 Å². The maximum Gasteiger partial charge on any atom is 0.272 e. The number of imidazole rings is 1. The molecule has 1 fully saturated rings. The first-order valence-corrected chi connectivity index (χ1v) is 12.0. The normalized spacial score (nSPS) is 14.1. The van der Waals surface area contributed by atoms with Crippen LogP contribution >= 0.6 is 23.2 Å². The number of hydrogen-bond donors (Lipinski definition) is 1. The Balaban J connectivity index is 1.44. The highest BCUT2D eigenvalue weighted by Gasteiger charge is 2.26. The summed E-state index contributed by atoms with van der Waals surface area (Å²) in [5.74, 6) is 0.742. The van der Waals surface area contributed by atoms with Crippen molar-refractivity contribution < 1.29 is 4.79 Å². The van der Waals surface area contributed by atoms with Gasteiger partial charge in [-0.15, -0.1) is 0 Å². The van der Waals surface area contributed by atoms with E-state index in [1.165, 1.54) is 6.07 Å². The molecule has 1 saturated heterocycles. The van der Waals surface area contributed by atoms with Crippen LogP contribution in [0.4, 0.5) is 5.82 Å². The van der Waals surface area contributed by atoms with Crippen molar-refractivity contribution in [3.63, 3.8) is 0 Å². The number of carbonyl (C=O) groups is 1. The van der Waals surface area contributed by atoms with E-state index in [1.54, 1.807) is 40.4 Å². The minimum Gasteiger partial charge on any atom is -0.354 e. The number of hydrogen-bond acceptors (Lipinski definition) is 5. The van der Waals surface area contributed by atoms with E-state index in [-0.39, 0.29) is 11.5 Å². The predicted octanol–water partition coefficient (Wildman–Crippen LogP) is 3.43. The summed E-state index contributed by atoms with van der Waals surface area (Å²) in [7, 11) is 1.76. The molecule has 4 heterocycles. The van der Waals surface area contributed by atoms with Crippen LogP contribution in [0.2, 0.25) is 10.0 Å². The maximum absolute atomic E-state index is 13.5. The Bertz CT molecular complexity index is 1490. The molecular weight excluding hydrogens is 487 g/mol. The highest BCUT2D eigenvalue weighted by atomic mass is 35.5. The molecule has 8 nitrogen and oxygen atoms in total. The number of anilines is 1. The van der Waals surface area contributed by atoms with E-state index in [0.29, 0.717) is 54.1 Å². The molecule has 0 unspecified atom stereocenters. The molecule has 4 aromatic rings. The molecule has 10 heteroatoms. The minimum atomic E-state index is -0.104. The maximum atomic E-state index is 13.5. The van der Waals surface area contributed by atoms with E-state index in [9.17, 15) is 9.59 Å². The Morgan fingerprint density at radius 2 is 1.83 bits per heavy atom. The number of rotatable bonds is 4. The molecule has 1 amide bonds. The minimum absolute atomic E-state index is 0.0554. The molecule has 180 valence electrons. The van der Waals surface area contributed by atoms with Gasteiger partial charge in [-0.1, -0.05) is 35.3 Å². The number of carbonyl (C=O) groups excluding carboxylic acids is 1. The summed E-state index contributed by atoms with van der Waals surface area (Å²) in [5, 5.41) is 1.05. The van der Waals surface area contributed by atoms with E-state index in [1.807, 2.05) is 29.3 Å². The molecule has 1 aliphatic heterocycles. The SMILES string of the molecule is Cn1c(N2CCN(C(=O)c3cnc4cc(CN)c(-c5ccc(Cl)cc5Cl)cn34)CC2)cccc1=O. The van der Waals surface area contributed by atoms with Crippen molar-refractivity contribution in [3.05, 3.63) is 86.5 Å². The zero-order valence-corrected chi connectivity index (χ0v) is 20.6. The molecule has 0 saturated carbocycles. The molecule has 3 aromatic heterocycles. The number of nitrogens with zero attached hydrogens (tertiary/aromatic N) is 5. The fourth-order valence-corrected chi connectivity index (χ4v) is 5.02. The molecule has 0 radical (unpaired) electrons. The first-order valence-electron chi connectivity index (χ1n) is 11.2. The number of amides is 1. The van der Waals surface area contributed by atoms with Crippen LogP contribution in [0.3, 0.4) is 0 Å². The van der Waals surface area contributed by atoms with Gasteiger partial charge >= 0.3 is 0 Å². The van der Waals surface area contributed by atoms with Gasteiger partial charge in [-0.3, -0.25) is 18.6 Å². The summed E-state index contributed by atoms with van der Waals surface area (Å²) in [6.45, 7) is 2.62. The van der Waals surface area contributed by atoms with Gasteiger partial charge in [0.1, 0.15) is 17.2 Å². The third-order valence-corrected chi connectivity index (χ3v) is 6.99. The van der Waals surface area contributed by atoms with Gasteiger partial charge in [0.2, 0.25) is 0 Å². The van der Waals surface area contributed by atoms with Gasteiger partial charge < -0.3 is 15.5 Å². The van der Waals surface area contributed by atoms with Crippen molar-refractivity contribution in [1.29, 1.82) is 0 Å². The highest BCUT2D eigenvalue weighted by Crippen LogP contribution is 2.33. The smallest absolute Gasteiger partial charge is 0.272 e. The predicted molar refractivity (Wildman–Crippen MR) is 138 cm³/mol. The van der Waals surface area contributed by atoms with Gasteiger partial charge in [-0.05, 0) is 29.8 Å². The van der Waals surface area contributed by atoms with E-state index < -0.39 is 0 Å². The fourth-order valence-electron chi connectivity index (χ4n) is 4.51. The number of aromatic nitrogens is 3. The van der Waals surface area contributed by atoms with Crippen molar-refractivity contribution in [2.75, 3.05) is 31.1 Å². The van der Waals surface area contributed by atoms with Crippen LogP contribution in [0.1, 0.15) is 16.1 Å². The van der Waals surface area contributed by atoms with Gasteiger partial charge in [0, 0.05) is 73.2 Å². The molecule has 0 bridgehead atoms. The largest absolute Gasteiger partial charge is 0.354 e. The van der Waals surface area contributed by atoms with Crippen LogP contribution < -0.4 is 16.2 Å². The van der Waals surface area contributed by atoms with E-state index in [2.05, 4.69) is 9.88 Å². The third kappa shape index (κ3) is 4.29. The Morgan fingerprint density at radius 3 is 2.54 bits per heavy atom. The van der Waals surface area contributed by atoms with E-state index in [0.717, 1.165) is 22.5 Å². The number of fused-ring (bicyclic) bond motifs is 1. The first-order chi connectivity index (χ1) is 16.9. The average molecular weight is 511 g/mol. The molecule has 5 rings (SSSR count). The van der Waals surface area contributed by atoms with Crippen molar-refractivity contribution in [2.24, 2.45) is 12.8 Å². The standard InChI is InChI=1S/C25H24Cl2N6O2/c1-30-23(3-2-4-24(30)34)31-7-9-32(10-8-31)25(35)21-14-29-22-11-16(13-28)19(15-33(21)22)18-6-5-17(26)12-20(18)27/h2-6,11-12,14-15H,7-10,13,28H2,1H3. The van der Waals surface area contributed by atoms with Gasteiger partial charge in [0.05, 0.1) is 6.20 Å². The van der Waals surface area contributed by atoms with Gasteiger partial charge in [-0.25, -0.2) is 4.98 Å². The summed E-state index contributed by atoms with van der Waals surface area (Å²) < 4.78 is 3.41. The molecule has 0 spiro atoms. The van der Waals surface area contributed by atoms with Crippen molar-refractivity contribution >= 4 is 40.6 Å². The lowest BCUT2D eigenvalue weighted by atomic mass is 10.0. The second-order valence-corrected chi connectivity index (χ2v) is 9.32. The zero-order chi connectivity index (χ0) is 24.7. The Labute approximate surface area is 212 Å². The summed E-state index contributed by atoms with van der Waals surface area (Å²) in [4.78, 5) is 33.9. The third-order valence-electron chi connectivity index (χ3n) is 6.44. The summed E-state index contributed by atoms with van der Waals surface area (Å²) in [6.07, 6.45) is 3.46.